The molecule has 1 aliphatic rings. The Bertz CT molecular complexity index is 2460. The molecule has 58 heavy (non-hydrogen) atoms. The Morgan fingerprint density at radius 1 is 0.569 bits per heavy atom. The maximum atomic E-state index is 11.8. The second-order valence-electron chi connectivity index (χ2n) is 14.3. The number of nitrogens with zero attached hydrogens (tertiary/aromatic N) is 3. The van der Waals surface area contributed by atoms with Crippen molar-refractivity contribution in [1.29, 1.82) is 0 Å². The Balaban J connectivity index is 1.34. The summed E-state index contributed by atoms with van der Waals surface area (Å²) in [7, 11) is -8.62. The topological polar surface area (TPSA) is 118 Å². The molecule has 2 N–H and O–H groups in total. The largest absolute Gasteiger partial charge is 0.367 e. The lowest BCUT2D eigenvalue weighted by atomic mass is 9.90. The van der Waals surface area contributed by atoms with Crippen molar-refractivity contribution in [3.05, 3.63) is 185 Å². The number of hydrogen-bond acceptors (Lipinski definition) is 6. The van der Waals surface area contributed by atoms with Gasteiger partial charge in [-0.05, 0) is 128 Å². The van der Waals surface area contributed by atoms with Gasteiger partial charge in [-0.3, -0.25) is 9.11 Å². The number of anilines is 2. The summed E-state index contributed by atoms with van der Waals surface area (Å²) < 4.78 is 68.7. The summed E-state index contributed by atoms with van der Waals surface area (Å²) >= 11 is 0. The van der Waals surface area contributed by atoms with Crippen LogP contribution in [0.3, 0.4) is 0 Å². The van der Waals surface area contributed by atoms with Crippen LogP contribution in [0.25, 0.3) is 5.57 Å². The molecule has 11 heteroatoms. The average Bonchev–Trinajstić information content (AvgIpc) is 3.22. The third-order valence-electron chi connectivity index (χ3n) is 10.3. The SMILES string of the molecule is CCN(Cc1cccc(S(=O)(=O)O)c1)c1ccc(C(=C2C=CC(=[N+](CC)Cc3cccc(C)c3)C=C2)c2ccc(N(CC)Cc3cccc(S(=O)(=O)O)c3)cc2)cc1. The summed E-state index contributed by atoms with van der Waals surface area (Å²) in [6.07, 6.45) is 8.70. The number of allylic oxidation sites excluding steroid dienone is 5. The van der Waals surface area contributed by atoms with Crippen molar-refractivity contribution in [3.8, 4) is 0 Å². The van der Waals surface area contributed by atoms with Crippen LogP contribution in [-0.2, 0) is 39.9 Å². The van der Waals surface area contributed by atoms with Crippen LogP contribution in [-0.4, -0.2) is 55.9 Å². The molecule has 300 valence electrons. The zero-order valence-corrected chi connectivity index (χ0v) is 34.9. The number of benzene rings is 5. The molecule has 9 nitrogen and oxygen atoms in total. The van der Waals surface area contributed by atoms with E-state index in [1.54, 1.807) is 12.1 Å². The highest BCUT2D eigenvalue weighted by Crippen LogP contribution is 2.33. The van der Waals surface area contributed by atoms with Crippen molar-refractivity contribution >= 4 is 42.9 Å². The van der Waals surface area contributed by atoms with Crippen molar-refractivity contribution in [2.45, 2.75) is 57.1 Å². The third kappa shape index (κ3) is 10.5. The zero-order valence-electron chi connectivity index (χ0n) is 33.3. The van der Waals surface area contributed by atoms with Crippen LogP contribution in [0.5, 0.6) is 0 Å². The molecule has 0 saturated carbocycles. The number of hydrogen-bond donors (Lipinski definition) is 2. The molecule has 0 spiro atoms. The lowest BCUT2D eigenvalue weighted by Gasteiger charge is -2.25. The molecular weight excluding hydrogens is 767 g/mol. The Kier molecular flexibility index (Phi) is 13.3. The van der Waals surface area contributed by atoms with Gasteiger partial charge in [0.15, 0.2) is 12.3 Å². The minimum atomic E-state index is -4.31. The van der Waals surface area contributed by atoms with Crippen LogP contribution in [0, 0.1) is 6.92 Å². The Morgan fingerprint density at radius 2 is 1.02 bits per heavy atom. The van der Waals surface area contributed by atoms with Crippen molar-refractivity contribution in [2.24, 2.45) is 0 Å². The van der Waals surface area contributed by atoms with Crippen LogP contribution < -0.4 is 9.80 Å². The zero-order chi connectivity index (χ0) is 41.5. The van der Waals surface area contributed by atoms with E-state index in [-0.39, 0.29) is 9.79 Å². The van der Waals surface area contributed by atoms with E-state index in [0.29, 0.717) is 26.2 Å². The maximum Gasteiger partial charge on any atom is 0.294 e. The molecule has 0 heterocycles. The summed E-state index contributed by atoms with van der Waals surface area (Å²) in [5.74, 6) is 0. The molecule has 6 rings (SSSR count). The molecule has 5 aromatic rings. The van der Waals surface area contributed by atoms with Gasteiger partial charge in [0.1, 0.15) is 6.54 Å². The lowest BCUT2D eigenvalue weighted by molar-refractivity contribution is -0.539. The summed E-state index contributed by atoms with van der Waals surface area (Å²) in [4.78, 5) is 4.04. The fraction of sp³-hybridized carbons (Fsp3) is 0.213. The first-order valence-corrected chi connectivity index (χ1v) is 22.2. The molecule has 0 saturated heterocycles. The van der Waals surface area contributed by atoms with Crippen LogP contribution in [0.2, 0.25) is 0 Å². The molecule has 5 aromatic carbocycles. The number of aryl methyl sites for hydroxylation is 1. The van der Waals surface area contributed by atoms with Crippen molar-refractivity contribution < 1.29 is 30.5 Å². The van der Waals surface area contributed by atoms with Gasteiger partial charge >= 0.3 is 0 Å². The summed E-state index contributed by atoms with van der Waals surface area (Å²) in [5.41, 5.74) is 11.3. The van der Waals surface area contributed by atoms with E-state index in [9.17, 15) is 25.9 Å². The molecule has 0 aliphatic heterocycles. The highest BCUT2D eigenvalue weighted by atomic mass is 32.2. The quantitative estimate of drug-likeness (QED) is 0.0794. The molecule has 0 bridgehead atoms. The Morgan fingerprint density at radius 3 is 1.43 bits per heavy atom. The van der Waals surface area contributed by atoms with Gasteiger partial charge in [-0.25, -0.2) is 4.58 Å². The van der Waals surface area contributed by atoms with Gasteiger partial charge in [-0.1, -0.05) is 72.3 Å². The van der Waals surface area contributed by atoms with Gasteiger partial charge < -0.3 is 9.80 Å². The molecule has 0 unspecified atom stereocenters. The predicted molar refractivity (Wildman–Crippen MR) is 234 cm³/mol. The second kappa shape index (κ2) is 18.3. The van der Waals surface area contributed by atoms with Crippen molar-refractivity contribution in [3.63, 3.8) is 0 Å². The normalized spacial score (nSPS) is 12.8. The molecule has 0 aromatic heterocycles. The monoisotopic (exact) mass is 816 g/mol. The number of rotatable bonds is 15. The van der Waals surface area contributed by atoms with E-state index in [1.807, 2.05) is 26.0 Å². The van der Waals surface area contributed by atoms with E-state index in [1.165, 1.54) is 35.4 Å². The van der Waals surface area contributed by atoms with Gasteiger partial charge in [-0.2, -0.15) is 16.8 Å². The van der Waals surface area contributed by atoms with Crippen LogP contribution >= 0.6 is 0 Å². The lowest BCUT2D eigenvalue weighted by Crippen LogP contribution is -2.22. The van der Waals surface area contributed by atoms with Gasteiger partial charge in [0, 0.05) is 55.3 Å². The summed E-state index contributed by atoms with van der Waals surface area (Å²) in [6, 6.07) is 38.1. The van der Waals surface area contributed by atoms with E-state index in [4.69, 9.17) is 0 Å². The second-order valence-corrected chi connectivity index (χ2v) is 17.1. The molecule has 0 fully saturated rings. The Hall–Kier alpha value is -5.59. The first-order valence-electron chi connectivity index (χ1n) is 19.4. The van der Waals surface area contributed by atoms with Crippen LogP contribution in [0.1, 0.15) is 54.2 Å². The minimum absolute atomic E-state index is 0.127. The fourth-order valence-electron chi connectivity index (χ4n) is 7.25. The Labute approximate surface area is 343 Å². The van der Waals surface area contributed by atoms with E-state index in [0.717, 1.165) is 63.6 Å². The molecule has 1 aliphatic carbocycles. The molecule has 0 atom stereocenters. The molecule has 0 amide bonds. The predicted octanol–water partition coefficient (Wildman–Crippen LogP) is 9.14. The highest BCUT2D eigenvalue weighted by molar-refractivity contribution is 7.86. The average molecular weight is 817 g/mol. The standard InChI is InChI=1S/C47H49N3O6S2/c1-5-48(32-36-12-8-11-35(4)29-36)42-23-17-39(18-24-42)47(40-19-25-43(26-20-40)49(6-2)33-37-13-9-15-45(30-37)57(51,52)53)41-21-27-44(28-22-41)50(7-3)34-38-14-10-16-46(31-38)58(54,55)56/h8-31H,5-7,32-34H2,1-4H3,(H-,51,52,53,54,55,56)/p+1. The van der Waals surface area contributed by atoms with E-state index < -0.39 is 20.2 Å². The van der Waals surface area contributed by atoms with Gasteiger partial charge in [0.05, 0.1) is 9.79 Å². The van der Waals surface area contributed by atoms with Crippen molar-refractivity contribution in [1.82, 2.24) is 0 Å². The van der Waals surface area contributed by atoms with Crippen molar-refractivity contribution in [2.75, 3.05) is 29.4 Å². The first kappa shape index (κ1) is 42.0. The van der Waals surface area contributed by atoms with Gasteiger partial charge in [-0.15, -0.1) is 0 Å². The smallest absolute Gasteiger partial charge is 0.294 e. The van der Waals surface area contributed by atoms with E-state index >= 15 is 0 Å². The van der Waals surface area contributed by atoms with Gasteiger partial charge in [0.25, 0.3) is 20.2 Å². The van der Waals surface area contributed by atoms with Crippen LogP contribution in [0.15, 0.2) is 161 Å². The van der Waals surface area contributed by atoms with E-state index in [2.05, 4.69) is 125 Å². The highest BCUT2D eigenvalue weighted by Gasteiger charge is 2.18. The molecule has 0 radical (unpaired) electrons. The first-order chi connectivity index (χ1) is 27.7. The third-order valence-corrected chi connectivity index (χ3v) is 12.0. The summed E-state index contributed by atoms with van der Waals surface area (Å²) in [5, 5.41) is 0. The summed E-state index contributed by atoms with van der Waals surface area (Å²) in [6.45, 7) is 12.3. The van der Waals surface area contributed by atoms with Crippen LogP contribution in [0.4, 0.5) is 11.4 Å². The minimum Gasteiger partial charge on any atom is -0.367 e. The molecular formula is C47H50N3O6S2+. The fourth-order valence-corrected chi connectivity index (χ4v) is 8.36. The van der Waals surface area contributed by atoms with Gasteiger partial charge in [0.2, 0.25) is 0 Å². The maximum absolute atomic E-state index is 11.8.